The number of ether oxygens (including phenoxy) is 1. The van der Waals surface area contributed by atoms with E-state index >= 15 is 0 Å². The average molecular weight is 279 g/mol. The standard InChI is InChI=1S/C15H15F2NO2/c1-9(2)13-5-10(8-19)6-15(18-13)20-14-7-11(16)3-4-12(14)17/h3-7,9,19H,8H2,1-2H3. The van der Waals surface area contributed by atoms with E-state index in [9.17, 15) is 13.9 Å². The Hall–Kier alpha value is -2.01. The highest BCUT2D eigenvalue weighted by molar-refractivity contribution is 5.32. The summed E-state index contributed by atoms with van der Waals surface area (Å²) in [6.45, 7) is 3.70. The molecule has 0 radical (unpaired) electrons. The van der Waals surface area contributed by atoms with Crippen molar-refractivity contribution < 1.29 is 18.6 Å². The van der Waals surface area contributed by atoms with Crippen LogP contribution in [-0.4, -0.2) is 10.1 Å². The van der Waals surface area contributed by atoms with Crippen LogP contribution in [0, 0.1) is 11.6 Å². The van der Waals surface area contributed by atoms with Crippen LogP contribution >= 0.6 is 0 Å². The van der Waals surface area contributed by atoms with Crippen LogP contribution in [0.3, 0.4) is 0 Å². The van der Waals surface area contributed by atoms with E-state index in [1.807, 2.05) is 13.8 Å². The third kappa shape index (κ3) is 3.30. The Morgan fingerprint density at radius 3 is 2.60 bits per heavy atom. The van der Waals surface area contributed by atoms with Crippen LogP contribution in [0.25, 0.3) is 0 Å². The Bertz CT molecular complexity index is 615. The van der Waals surface area contributed by atoms with Gasteiger partial charge >= 0.3 is 0 Å². The number of hydrogen-bond donors (Lipinski definition) is 1. The highest BCUT2D eigenvalue weighted by Gasteiger charge is 2.11. The quantitative estimate of drug-likeness (QED) is 0.926. The normalized spacial score (nSPS) is 10.9. The Morgan fingerprint density at radius 2 is 1.95 bits per heavy atom. The Balaban J connectivity index is 2.37. The molecular formula is C15H15F2NO2. The summed E-state index contributed by atoms with van der Waals surface area (Å²) in [5.41, 5.74) is 1.32. The number of hydrogen-bond acceptors (Lipinski definition) is 3. The maximum absolute atomic E-state index is 13.5. The molecule has 1 heterocycles. The predicted octanol–water partition coefficient (Wildman–Crippen LogP) is 3.77. The summed E-state index contributed by atoms with van der Waals surface area (Å²) < 4.78 is 31.9. The number of benzene rings is 1. The molecule has 0 bridgehead atoms. The zero-order valence-corrected chi connectivity index (χ0v) is 11.2. The third-order valence-corrected chi connectivity index (χ3v) is 2.76. The van der Waals surface area contributed by atoms with Gasteiger partial charge in [-0.1, -0.05) is 13.8 Å². The Labute approximate surface area is 115 Å². The van der Waals surface area contributed by atoms with Crippen LogP contribution in [-0.2, 0) is 6.61 Å². The van der Waals surface area contributed by atoms with Crippen LogP contribution < -0.4 is 4.74 Å². The number of pyridine rings is 1. The van der Waals surface area contributed by atoms with Crippen LogP contribution in [0.1, 0.15) is 31.0 Å². The molecule has 3 nitrogen and oxygen atoms in total. The minimum absolute atomic E-state index is 0.126. The Kier molecular flexibility index (Phi) is 4.29. The zero-order valence-electron chi connectivity index (χ0n) is 11.2. The van der Waals surface area contributed by atoms with Crippen molar-refractivity contribution in [1.82, 2.24) is 4.98 Å². The molecule has 0 spiro atoms. The van der Waals surface area contributed by atoms with E-state index in [1.54, 1.807) is 6.07 Å². The highest BCUT2D eigenvalue weighted by atomic mass is 19.1. The van der Waals surface area contributed by atoms with Crippen molar-refractivity contribution in [2.24, 2.45) is 0 Å². The molecule has 2 rings (SSSR count). The molecule has 0 unspecified atom stereocenters. The van der Waals surface area contributed by atoms with Gasteiger partial charge in [-0.25, -0.2) is 13.8 Å². The summed E-state index contributed by atoms with van der Waals surface area (Å²) in [6, 6.07) is 6.20. The minimum Gasteiger partial charge on any atom is -0.436 e. The maximum atomic E-state index is 13.5. The lowest BCUT2D eigenvalue weighted by Crippen LogP contribution is -1.99. The molecule has 0 fully saturated rings. The molecule has 2 aromatic rings. The Morgan fingerprint density at radius 1 is 1.20 bits per heavy atom. The second-order valence-corrected chi connectivity index (χ2v) is 4.73. The summed E-state index contributed by atoms with van der Waals surface area (Å²) >= 11 is 0. The number of halogens is 2. The molecule has 1 aromatic heterocycles. The molecule has 1 N–H and O–H groups in total. The third-order valence-electron chi connectivity index (χ3n) is 2.76. The summed E-state index contributed by atoms with van der Waals surface area (Å²) in [5, 5.41) is 9.22. The first-order valence-electron chi connectivity index (χ1n) is 6.24. The lowest BCUT2D eigenvalue weighted by atomic mass is 10.1. The molecule has 0 saturated carbocycles. The van der Waals surface area contributed by atoms with Gasteiger partial charge in [0.05, 0.1) is 6.61 Å². The van der Waals surface area contributed by atoms with Crippen LogP contribution in [0.15, 0.2) is 30.3 Å². The van der Waals surface area contributed by atoms with E-state index in [2.05, 4.69) is 4.98 Å². The molecular weight excluding hydrogens is 264 g/mol. The van der Waals surface area contributed by atoms with Gasteiger partial charge in [-0.05, 0) is 29.7 Å². The molecule has 0 saturated heterocycles. The average Bonchev–Trinajstić information content (AvgIpc) is 2.42. The second kappa shape index (κ2) is 5.96. The number of aliphatic hydroxyl groups is 1. The van der Waals surface area contributed by atoms with E-state index < -0.39 is 11.6 Å². The molecule has 0 aliphatic heterocycles. The van der Waals surface area contributed by atoms with Crippen molar-refractivity contribution in [3.8, 4) is 11.6 Å². The molecule has 5 heteroatoms. The van der Waals surface area contributed by atoms with Crippen molar-refractivity contribution in [2.75, 3.05) is 0 Å². The number of aliphatic hydroxyl groups excluding tert-OH is 1. The summed E-state index contributed by atoms with van der Waals surface area (Å²) in [6.07, 6.45) is 0. The number of aromatic nitrogens is 1. The second-order valence-electron chi connectivity index (χ2n) is 4.73. The molecule has 1 aromatic carbocycles. The first-order chi connectivity index (χ1) is 9.49. The van der Waals surface area contributed by atoms with Gasteiger partial charge in [-0.3, -0.25) is 0 Å². The number of nitrogens with zero attached hydrogens (tertiary/aromatic N) is 1. The van der Waals surface area contributed by atoms with Crippen molar-refractivity contribution in [3.63, 3.8) is 0 Å². The molecule has 0 amide bonds. The van der Waals surface area contributed by atoms with Crippen molar-refractivity contribution >= 4 is 0 Å². The van der Waals surface area contributed by atoms with Crippen LogP contribution in [0.5, 0.6) is 11.6 Å². The minimum atomic E-state index is -0.673. The van der Waals surface area contributed by atoms with Gasteiger partial charge in [0.2, 0.25) is 5.88 Å². The summed E-state index contributed by atoms with van der Waals surface area (Å²) in [7, 11) is 0. The van der Waals surface area contributed by atoms with Gasteiger partial charge in [0.25, 0.3) is 0 Å². The lowest BCUT2D eigenvalue weighted by Gasteiger charge is -2.11. The summed E-state index contributed by atoms with van der Waals surface area (Å²) in [4.78, 5) is 4.22. The predicted molar refractivity (Wildman–Crippen MR) is 70.7 cm³/mol. The topological polar surface area (TPSA) is 42.4 Å². The smallest absolute Gasteiger partial charge is 0.219 e. The lowest BCUT2D eigenvalue weighted by molar-refractivity contribution is 0.280. The monoisotopic (exact) mass is 279 g/mol. The zero-order chi connectivity index (χ0) is 14.7. The van der Waals surface area contributed by atoms with Gasteiger partial charge in [0.1, 0.15) is 5.82 Å². The molecule has 0 atom stereocenters. The van der Waals surface area contributed by atoms with Gasteiger partial charge in [-0.2, -0.15) is 0 Å². The number of rotatable bonds is 4. The fraction of sp³-hybridized carbons (Fsp3) is 0.267. The molecule has 106 valence electrons. The molecule has 20 heavy (non-hydrogen) atoms. The van der Waals surface area contributed by atoms with E-state index in [1.165, 1.54) is 6.07 Å². The van der Waals surface area contributed by atoms with Gasteiger partial charge in [-0.15, -0.1) is 0 Å². The van der Waals surface area contributed by atoms with E-state index in [4.69, 9.17) is 4.74 Å². The first-order valence-corrected chi connectivity index (χ1v) is 6.24. The molecule has 0 aliphatic rings. The van der Waals surface area contributed by atoms with E-state index in [0.29, 0.717) is 11.3 Å². The van der Waals surface area contributed by atoms with Gasteiger partial charge in [0.15, 0.2) is 11.6 Å². The largest absolute Gasteiger partial charge is 0.436 e. The highest BCUT2D eigenvalue weighted by Crippen LogP contribution is 2.26. The molecule has 0 aliphatic carbocycles. The summed E-state index contributed by atoms with van der Waals surface area (Å²) in [5.74, 6) is -1.24. The van der Waals surface area contributed by atoms with Crippen molar-refractivity contribution in [1.29, 1.82) is 0 Å². The van der Waals surface area contributed by atoms with E-state index in [0.717, 1.165) is 18.2 Å². The van der Waals surface area contributed by atoms with Gasteiger partial charge in [0, 0.05) is 17.8 Å². The first kappa shape index (κ1) is 14.4. The fourth-order valence-corrected chi connectivity index (χ4v) is 1.69. The SMILES string of the molecule is CC(C)c1cc(CO)cc(Oc2cc(F)ccc2F)n1. The maximum Gasteiger partial charge on any atom is 0.219 e. The van der Waals surface area contributed by atoms with Crippen molar-refractivity contribution in [2.45, 2.75) is 26.4 Å². The fourth-order valence-electron chi connectivity index (χ4n) is 1.69. The van der Waals surface area contributed by atoms with Crippen LogP contribution in [0.2, 0.25) is 0 Å². The van der Waals surface area contributed by atoms with Crippen LogP contribution in [0.4, 0.5) is 8.78 Å². The van der Waals surface area contributed by atoms with Gasteiger partial charge < -0.3 is 9.84 Å². The van der Waals surface area contributed by atoms with Crippen molar-refractivity contribution in [3.05, 3.63) is 53.2 Å². The van der Waals surface area contributed by atoms with E-state index in [-0.39, 0.29) is 24.2 Å².